The van der Waals surface area contributed by atoms with Crippen molar-refractivity contribution in [3.63, 3.8) is 0 Å². The first kappa shape index (κ1) is 12.0. The second-order valence-corrected chi connectivity index (χ2v) is 4.39. The molecule has 0 aliphatic carbocycles. The van der Waals surface area contributed by atoms with Crippen LogP contribution in [0.4, 0.5) is 5.69 Å². The lowest BCUT2D eigenvalue weighted by Gasteiger charge is -2.17. The molecule has 2 rings (SSSR count). The molecule has 1 heterocycles. The van der Waals surface area contributed by atoms with Crippen molar-refractivity contribution in [2.24, 2.45) is 5.92 Å². The van der Waals surface area contributed by atoms with Gasteiger partial charge in [-0.3, -0.25) is 4.79 Å². The van der Waals surface area contributed by atoms with Crippen LogP contribution in [0.3, 0.4) is 0 Å². The minimum atomic E-state index is 0.0344. The maximum absolute atomic E-state index is 11.8. The zero-order valence-corrected chi connectivity index (χ0v) is 10.3. The number of hydrogen-bond donors (Lipinski definition) is 1. The fourth-order valence-electron chi connectivity index (χ4n) is 1.98. The van der Waals surface area contributed by atoms with Crippen LogP contribution in [0.1, 0.15) is 6.42 Å². The molecule has 0 aromatic heterocycles. The number of ether oxygens (including phenoxy) is 1. The summed E-state index contributed by atoms with van der Waals surface area (Å²) in [5, 5.41) is 9.67. The molecule has 17 heavy (non-hydrogen) atoms. The Balaban J connectivity index is 2.23. The third-order valence-corrected chi connectivity index (χ3v) is 3.33. The van der Waals surface area contributed by atoms with E-state index in [0.29, 0.717) is 30.3 Å². The van der Waals surface area contributed by atoms with Crippen LogP contribution >= 0.6 is 11.6 Å². The van der Waals surface area contributed by atoms with Crippen LogP contribution in [0, 0.1) is 5.92 Å². The number of halogens is 1. The Hall–Kier alpha value is -1.42. The van der Waals surface area contributed by atoms with E-state index in [0.717, 1.165) is 0 Å². The fourth-order valence-corrected chi connectivity index (χ4v) is 2.19. The Kier molecular flexibility index (Phi) is 3.43. The average molecular weight is 256 g/mol. The van der Waals surface area contributed by atoms with Gasteiger partial charge in [0.25, 0.3) is 0 Å². The molecule has 1 unspecified atom stereocenters. The molecule has 1 fully saturated rings. The Morgan fingerprint density at radius 3 is 2.88 bits per heavy atom. The van der Waals surface area contributed by atoms with Crippen molar-refractivity contribution < 1.29 is 14.6 Å². The second kappa shape index (κ2) is 4.84. The van der Waals surface area contributed by atoms with E-state index < -0.39 is 0 Å². The number of carbonyl (C=O) groups excluding carboxylic acids is 1. The number of phenolic OH excluding ortho intramolecular Hbond substituents is 1. The van der Waals surface area contributed by atoms with Crippen LogP contribution in [0.15, 0.2) is 18.2 Å². The molecular weight excluding hydrogens is 242 g/mol. The Morgan fingerprint density at radius 1 is 1.59 bits per heavy atom. The van der Waals surface area contributed by atoms with E-state index in [1.54, 1.807) is 17.0 Å². The minimum Gasteiger partial charge on any atom is -0.504 e. The molecule has 1 amide bonds. The molecule has 1 saturated heterocycles. The molecule has 1 aromatic rings. The highest BCUT2D eigenvalue weighted by Gasteiger charge is 2.30. The summed E-state index contributed by atoms with van der Waals surface area (Å²) < 4.78 is 4.96. The number of hydrogen-bond acceptors (Lipinski definition) is 3. The van der Waals surface area contributed by atoms with Crippen LogP contribution in [0.5, 0.6) is 11.5 Å². The third kappa shape index (κ3) is 2.31. The molecular formula is C12H14ClNO3. The first-order valence-corrected chi connectivity index (χ1v) is 5.92. The Morgan fingerprint density at radius 2 is 2.35 bits per heavy atom. The number of carbonyl (C=O) groups is 1. The predicted octanol–water partition coefficient (Wildman–Crippen LogP) is 1.99. The van der Waals surface area contributed by atoms with E-state index >= 15 is 0 Å². The van der Waals surface area contributed by atoms with Crippen molar-refractivity contribution in [2.75, 3.05) is 24.4 Å². The van der Waals surface area contributed by atoms with Gasteiger partial charge in [0.15, 0.2) is 11.5 Å². The standard InChI is InChI=1S/C12H14ClNO3/c1-17-11-3-2-9(5-10(11)15)14-7-8(6-13)4-12(14)16/h2-3,5,8,15H,4,6-7H2,1H3. The molecule has 0 saturated carbocycles. The summed E-state index contributed by atoms with van der Waals surface area (Å²) in [6, 6.07) is 4.94. The van der Waals surface area contributed by atoms with E-state index in [1.807, 2.05) is 0 Å². The zero-order valence-electron chi connectivity index (χ0n) is 9.52. The van der Waals surface area contributed by atoms with E-state index in [2.05, 4.69) is 0 Å². The van der Waals surface area contributed by atoms with Crippen molar-refractivity contribution in [3.05, 3.63) is 18.2 Å². The van der Waals surface area contributed by atoms with Crippen molar-refractivity contribution in [1.82, 2.24) is 0 Å². The van der Waals surface area contributed by atoms with Gasteiger partial charge >= 0.3 is 0 Å². The number of aromatic hydroxyl groups is 1. The highest BCUT2D eigenvalue weighted by atomic mass is 35.5. The van der Waals surface area contributed by atoms with Crippen LogP contribution in [0.25, 0.3) is 0 Å². The highest BCUT2D eigenvalue weighted by molar-refractivity contribution is 6.18. The van der Waals surface area contributed by atoms with Crippen molar-refractivity contribution in [1.29, 1.82) is 0 Å². The summed E-state index contributed by atoms with van der Waals surface area (Å²) in [6.07, 6.45) is 0.469. The largest absolute Gasteiger partial charge is 0.504 e. The van der Waals surface area contributed by atoms with Gasteiger partial charge in [0.1, 0.15) is 0 Å². The summed E-state index contributed by atoms with van der Waals surface area (Å²) in [5.74, 6) is 1.14. The molecule has 1 aromatic carbocycles. The number of rotatable bonds is 3. The van der Waals surface area contributed by atoms with Gasteiger partial charge in [0.05, 0.1) is 7.11 Å². The van der Waals surface area contributed by atoms with Crippen molar-refractivity contribution in [2.45, 2.75) is 6.42 Å². The zero-order chi connectivity index (χ0) is 12.4. The van der Waals surface area contributed by atoms with Crippen LogP contribution in [0.2, 0.25) is 0 Å². The second-order valence-electron chi connectivity index (χ2n) is 4.08. The van der Waals surface area contributed by atoms with E-state index in [9.17, 15) is 9.90 Å². The molecule has 1 aliphatic heterocycles. The summed E-state index contributed by atoms with van der Waals surface area (Å²) in [5.41, 5.74) is 0.681. The number of phenols is 1. The van der Waals surface area contributed by atoms with Gasteiger partial charge in [0, 0.05) is 30.6 Å². The number of alkyl halides is 1. The first-order valence-electron chi connectivity index (χ1n) is 5.39. The summed E-state index contributed by atoms with van der Waals surface area (Å²) in [4.78, 5) is 13.4. The SMILES string of the molecule is COc1ccc(N2CC(CCl)CC2=O)cc1O. The van der Waals surface area contributed by atoms with E-state index in [1.165, 1.54) is 13.2 Å². The molecule has 1 atom stereocenters. The average Bonchev–Trinajstić information content (AvgIpc) is 2.70. The van der Waals surface area contributed by atoms with Gasteiger partial charge < -0.3 is 14.7 Å². The topological polar surface area (TPSA) is 49.8 Å². The highest BCUT2D eigenvalue weighted by Crippen LogP contribution is 2.33. The van der Waals surface area contributed by atoms with Gasteiger partial charge in [-0.15, -0.1) is 11.6 Å². The molecule has 0 radical (unpaired) electrons. The molecule has 1 N–H and O–H groups in total. The Bertz CT molecular complexity index is 436. The van der Waals surface area contributed by atoms with Gasteiger partial charge in [-0.25, -0.2) is 0 Å². The van der Waals surface area contributed by atoms with Crippen molar-refractivity contribution in [3.8, 4) is 11.5 Å². The normalized spacial score (nSPS) is 19.8. The van der Waals surface area contributed by atoms with E-state index in [4.69, 9.17) is 16.3 Å². The maximum atomic E-state index is 11.8. The van der Waals surface area contributed by atoms with Crippen LogP contribution in [-0.2, 0) is 4.79 Å². The molecule has 0 bridgehead atoms. The lowest BCUT2D eigenvalue weighted by molar-refractivity contribution is -0.117. The predicted molar refractivity (Wildman–Crippen MR) is 65.8 cm³/mol. The van der Waals surface area contributed by atoms with Gasteiger partial charge in [-0.05, 0) is 18.1 Å². The maximum Gasteiger partial charge on any atom is 0.227 e. The van der Waals surface area contributed by atoms with Gasteiger partial charge in [-0.1, -0.05) is 0 Å². The van der Waals surface area contributed by atoms with Crippen LogP contribution in [-0.4, -0.2) is 30.5 Å². The summed E-state index contributed by atoms with van der Waals surface area (Å²) in [7, 11) is 1.49. The van der Waals surface area contributed by atoms with Gasteiger partial charge in [0.2, 0.25) is 5.91 Å². The summed E-state index contributed by atoms with van der Waals surface area (Å²) >= 11 is 5.76. The van der Waals surface area contributed by atoms with Gasteiger partial charge in [-0.2, -0.15) is 0 Å². The van der Waals surface area contributed by atoms with Crippen molar-refractivity contribution >= 4 is 23.2 Å². The summed E-state index contributed by atoms with van der Waals surface area (Å²) in [6.45, 7) is 0.605. The number of methoxy groups -OCH3 is 1. The lowest BCUT2D eigenvalue weighted by Crippen LogP contribution is -2.24. The minimum absolute atomic E-state index is 0.0344. The van der Waals surface area contributed by atoms with E-state index in [-0.39, 0.29) is 17.6 Å². The first-order chi connectivity index (χ1) is 8.15. The Labute approximate surface area is 105 Å². The smallest absolute Gasteiger partial charge is 0.227 e. The number of benzene rings is 1. The fraction of sp³-hybridized carbons (Fsp3) is 0.417. The number of anilines is 1. The van der Waals surface area contributed by atoms with Crippen LogP contribution < -0.4 is 9.64 Å². The third-order valence-electron chi connectivity index (χ3n) is 2.90. The molecule has 1 aliphatic rings. The molecule has 4 nitrogen and oxygen atoms in total. The molecule has 92 valence electrons. The number of nitrogens with zero attached hydrogens (tertiary/aromatic N) is 1. The lowest BCUT2D eigenvalue weighted by atomic mass is 10.1. The molecule has 5 heteroatoms. The molecule has 0 spiro atoms. The number of amides is 1. The quantitative estimate of drug-likeness (QED) is 0.841. The monoisotopic (exact) mass is 255 g/mol.